The van der Waals surface area contributed by atoms with Crippen LogP contribution in [0.3, 0.4) is 0 Å². The zero-order chi connectivity index (χ0) is 21.1. The van der Waals surface area contributed by atoms with E-state index >= 15 is 0 Å². The first-order valence-electron chi connectivity index (χ1n) is 10.9. The third-order valence-electron chi connectivity index (χ3n) is 6.29. The number of carbonyl (C=O) groups excluding carboxylic acids is 2. The lowest BCUT2D eigenvalue weighted by Crippen LogP contribution is -2.56. The van der Waals surface area contributed by atoms with E-state index < -0.39 is 5.54 Å². The van der Waals surface area contributed by atoms with Crippen LogP contribution in [0.4, 0.5) is 4.79 Å². The lowest BCUT2D eigenvalue weighted by atomic mass is 9.85. The molecule has 0 aromatic heterocycles. The van der Waals surface area contributed by atoms with Gasteiger partial charge in [0.05, 0.1) is 0 Å². The molecule has 0 aliphatic carbocycles. The fraction of sp³-hybridized carbons (Fsp3) is 0.440. The smallest absolute Gasteiger partial charge is 0.305 e. The molecule has 0 N–H and O–H groups in total. The zero-order valence-corrected chi connectivity index (χ0v) is 18.0. The molecule has 2 aromatic rings. The third-order valence-corrected chi connectivity index (χ3v) is 6.29. The number of rotatable bonds is 6. The molecule has 4 rings (SSSR count). The van der Waals surface area contributed by atoms with Gasteiger partial charge in [-0.25, -0.2) is 4.79 Å². The van der Waals surface area contributed by atoms with E-state index in [2.05, 4.69) is 43.0 Å². The number of hydrogen-bond acceptors (Lipinski definition) is 3. The Morgan fingerprint density at radius 1 is 0.833 bits per heavy atom. The molecule has 0 saturated carbocycles. The number of nitrogens with zero attached hydrogens (tertiary/aromatic N) is 3. The quantitative estimate of drug-likeness (QED) is 0.679. The van der Waals surface area contributed by atoms with Crippen LogP contribution in [0.1, 0.15) is 37.8 Å². The number of benzene rings is 2. The van der Waals surface area contributed by atoms with Crippen molar-refractivity contribution in [1.82, 2.24) is 14.7 Å². The molecule has 0 unspecified atom stereocenters. The summed E-state index contributed by atoms with van der Waals surface area (Å²) >= 11 is 0. The van der Waals surface area contributed by atoms with Gasteiger partial charge in [-0.3, -0.25) is 14.6 Å². The highest BCUT2D eigenvalue weighted by Crippen LogP contribution is 2.39. The number of urea groups is 1. The standard InChI is InChI=1S/C25H31N3O2/c1-20(2)17-27-23(29)25(28(24(27)30)19-22-11-7-4-8-12-22)13-15-26(16-14-25)18-21-9-5-3-6-10-21/h3-12,20H,13-19H2,1-2H3. The maximum absolute atomic E-state index is 13.5. The molecule has 3 amide bonds. The average molecular weight is 406 g/mol. The van der Waals surface area contributed by atoms with E-state index in [1.165, 1.54) is 10.5 Å². The summed E-state index contributed by atoms with van der Waals surface area (Å²) in [7, 11) is 0. The first-order valence-corrected chi connectivity index (χ1v) is 10.9. The van der Waals surface area contributed by atoms with Crippen LogP contribution < -0.4 is 0 Å². The maximum Gasteiger partial charge on any atom is 0.327 e. The van der Waals surface area contributed by atoms with E-state index in [-0.39, 0.29) is 17.9 Å². The van der Waals surface area contributed by atoms with Crippen LogP contribution in [-0.4, -0.2) is 51.8 Å². The van der Waals surface area contributed by atoms with Crippen molar-refractivity contribution in [1.29, 1.82) is 0 Å². The number of carbonyl (C=O) groups is 2. The zero-order valence-electron chi connectivity index (χ0n) is 18.0. The van der Waals surface area contributed by atoms with Gasteiger partial charge in [-0.05, 0) is 29.9 Å². The van der Waals surface area contributed by atoms with Gasteiger partial charge in [-0.15, -0.1) is 0 Å². The van der Waals surface area contributed by atoms with Crippen molar-refractivity contribution in [3.8, 4) is 0 Å². The molecule has 2 aromatic carbocycles. The maximum atomic E-state index is 13.5. The molecule has 2 heterocycles. The molecular weight excluding hydrogens is 374 g/mol. The fourth-order valence-electron chi connectivity index (χ4n) is 4.70. The van der Waals surface area contributed by atoms with E-state index in [9.17, 15) is 9.59 Å². The molecule has 2 aliphatic rings. The summed E-state index contributed by atoms with van der Waals surface area (Å²) in [5.41, 5.74) is 1.63. The lowest BCUT2D eigenvalue weighted by molar-refractivity contribution is -0.136. The highest BCUT2D eigenvalue weighted by Gasteiger charge is 2.57. The minimum absolute atomic E-state index is 0.00325. The largest absolute Gasteiger partial charge is 0.327 e. The molecule has 1 spiro atoms. The van der Waals surface area contributed by atoms with Gasteiger partial charge in [0.2, 0.25) is 0 Å². The highest BCUT2D eigenvalue weighted by molar-refractivity contribution is 6.07. The van der Waals surface area contributed by atoms with Gasteiger partial charge in [0, 0.05) is 32.7 Å². The fourth-order valence-corrected chi connectivity index (χ4v) is 4.70. The van der Waals surface area contributed by atoms with Gasteiger partial charge in [0.1, 0.15) is 5.54 Å². The summed E-state index contributed by atoms with van der Waals surface area (Å²) in [6.45, 7) is 7.58. The number of imide groups is 1. The summed E-state index contributed by atoms with van der Waals surface area (Å²) in [6, 6.07) is 20.3. The lowest BCUT2D eigenvalue weighted by Gasteiger charge is -2.42. The van der Waals surface area contributed by atoms with E-state index in [0.717, 1.165) is 25.2 Å². The molecule has 0 radical (unpaired) electrons. The minimum Gasteiger partial charge on any atom is -0.305 e. The number of piperidine rings is 1. The highest BCUT2D eigenvalue weighted by atomic mass is 16.2. The number of hydrogen-bond donors (Lipinski definition) is 0. The first kappa shape index (κ1) is 20.6. The van der Waals surface area contributed by atoms with E-state index in [1.54, 1.807) is 0 Å². The Balaban J connectivity index is 1.55. The van der Waals surface area contributed by atoms with Crippen LogP contribution in [0.15, 0.2) is 60.7 Å². The molecule has 5 nitrogen and oxygen atoms in total. The van der Waals surface area contributed by atoms with Gasteiger partial charge in [-0.1, -0.05) is 74.5 Å². The van der Waals surface area contributed by atoms with Crippen molar-refractivity contribution in [3.05, 3.63) is 71.8 Å². The van der Waals surface area contributed by atoms with Gasteiger partial charge in [-0.2, -0.15) is 0 Å². The topological polar surface area (TPSA) is 43.9 Å². The van der Waals surface area contributed by atoms with Crippen molar-refractivity contribution in [3.63, 3.8) is 0 Å². The van der Waals surface area contributed by atoms with Gasteiger partial charge >= 0.3 is 6.03 Å². The Labute approximate surface area is 179 Å². The van der Waals surface area contributed by atoms with Gasteiger partial charge < -0.3 is 4.90 Å². The first-order chi connectivity index (χ1) is 14.5. The van der Waals surface area contributed by atoms with Crippen molar-refractivity contribution in [2.24, 2.45) is 5.92 Å². The Bertz CT molecular complexity index is 874. The van der Waals surface area contributed by atoms with E-state index in [4.69, 9.17) is 0 Å². The molecule has 2 saturated heterocycles. The van der Waals surface area contributed by atoms with Crippen LogP contribution >= 0.6 is 0 Å². The Kier molecular flexibility index (Phi) is 5.91. The molecule has 30 heavy (non-hydrogen) atoms. The molecule has 158 valence electrons. The molecular formula is C25H31N3O2. The van der Waals surface area contributed by atoms with Gasteiger partial charge in [0.25, 0.3) is 5.91 Å². The Morgan fingerprint density at radius 2 is 1.37 bits per heavy atom. The van der Waals surface area contributed by atoms with Crippen LogP contribution in [-0.2, 0) is 17.9 Å². The second-order valence-corrected chi connectivity index (χ2v) is 8.96. The monoisotopic (exact) mass is 405 g/mol. The van der Waals surface area contributed by atoms with Crippen molar-refractivity contribution in [2.45, 2.75) is 45.3 Å². The van der Waals surface area contributed by atoms with Crippen LogP contribution in [0.2, 0.25) is 0 Å². The Hall–Kier alpha value is -2.66. The summed E-state index contributed by atoms with van der Waals surface area (Å²) in [5.74, 6) is 0.251. The second-order valence-electron chi connectivity index (χ2n) is 8.96. The third kappa shape index (κ3) is 3.99. The molecule has 2 fully saturated rings. The number of amides is 3. The minimum atomic E-state index is -0.713. The summed E-state index contributed by atoms with van der Waals surface area (Å²) in [5, 5.41) is 0. The predicted molar refractivity (Wildman–Crippen MR) is 118 cm³/mol. The van der Waals surface area contributed by atoms with Crippen molar-refractivity contribution in [2.75, 3.05) is 19.6 Å². The molecule has 0 atom stereocenters. The van der Waals surface area contributed by atoms with Crippen molar-refractivity contribution >= 4 is 11.9 Å². The van der Waals surface area contributed by atoms with Crippen molar-refractivity contribution < 1.29 is 9.59 Å². The average Bonchev–Trinajstić information content (AvgIpc) is 2.93. The number of likely N-dealkylation sites (tertiary alicyclic amines) is 1. The van der Waals surface area contributed by atoms with Crippen LogP contribution in [0.25, 0.3) is 0 Å². The predicted octanol–water partition coefficient (Wildman–Crippen LogP) is 4.14. The summed E-state index contributed by atoms with van der Waals surface area (Å²) in [4.78, 5) is 32.6. The van der Waals surface area contributed by atoms with E-state index in [1.807, 2.05) is 41.3 Å². The van der Waals surface area contributed by atoms with Crippen LogP contribution in [0, 0.1) is 5.92 Å². The second kappa shape index (κ2) is 8.60. The van der Waals surface area contributed by atoms with Crippen LogP contribution in [0.5, 0.6) is 0 Å². The molecule has 5 heteroatoms. The summed E-state index contributed by atoms with van der Waals surface area (Å²) in [6.07, 6.45) is 1.37. The van der Waals surface area contributed by atoms with E-state index in [0.29, 0.717) is 25.9 Å². The molecule has 0 bridgehead atoms. The summed E-state index contributed by atoms with van der Waals surface area (Å²) < 4.78 is 0. The normalized spacial score (nSPS) is 19.3. The molecule has 2 aliphatic heterocycles. The van der Waals surface area contributed by atoms with Gasteiger partial charge in [0.15, 0.2) is 0 Å². The SMILES string of the molecule is CC(C)CN1C(=O)N(Cc2ccccc2)C2(CCN(Cc3ccccc3)CC2)C1=O. The Morgan fingerprint density at radius 3 is 1.90 bits per heavy atom.